The van der Waals surface area contributed by atoms with Crippen LogP contribution in [0.25, 0.3) is 0 Å². The molecule has 0 radical (unpaired) electrons. The number of halogens is 1. The maximum atomic E-state index is 13.5. The highest BCUT2D eigenvalue weighted by molar-refractivity contribution is 7.99. The highest BCUT2D eigenvalue weighted by atomic mass is 35.5. The highest BCUT2D eigenvalue weighted by Gasteiger charge is 2.44. The third kappa shape index (κ3) is 4.36. The summed E-state index contributed by atoms with van der Waals surface area (Å²) < 4.78 is 5.45. The van der Waals surface area contributed by atoms with Gasteiger partial charge in [-0.3, -0.25) is 4.79 Å². The van der Waals surface area contributed by atoms with Crippen molar-refractivity contribution < 1.29 is 14.3 Å². The molecule has 1 amide bonds. The van der Waals surface area contributed by atoms with Crippen LogP contribution < -0.4 is 0 Å². The van der Waals surface area contributed by atoms with Gasteiger partial charge in [-0.2, -0.15) is 0 Å². The minimum atomic E-state index is -0.629. The van der Waals surface area contributed by atoms with E-state index in [1.807, 2.05) is 50.2 Å². The molecule has 28 heavy (non-hydrogen) atoms. The van der Waals surface area contributed by atoms with Gasteiger partial charge in [0.05, 0.1) is 6.61 Å². The smallest absolute Gasteiger partial charge is 0.329 e. The van der Waals surface area contributed by atoms with E-state index in [1.54, 1.807) is 28.8 Å². The van der Waals surface area contributed by atoms with Gasteiger partial charge in [0.15, 0.2) is 0 Å². The Morgan fingerprint density at radius 3 is 2.61 bits per heavy atom. The van der Waals surface area contributed by atoms with Crippen LogP contribution in [0.1, 0.15) is 46.6 Å². The summed E-state index contributed by atoms with van der Waals surface area (Å²) in [5, 5.41) is 0.257. The van der Waals surface area contributed by atoms with Crippen molar-refractivity contribution in [3.63, 3.8) is 0 Å². The van der Waals surface area contributed by atoms with Crippen molar-refractivity contribution in [3.8, 4) is 0 Å². The molecule has 0 saturated carbocycles. The molecule has 0 bridgehead atoms. The molecular weight excluding hydrogens is 394 g/mol. The molecule has 148 valence electrons. The number of hydrogen-bond donors (Lipinski definition) is 0. The zero-order chi connectivity index (χ0) is 20.1. The summed E-state index contributed by atoms with van der Waals surface area (Å²) in [7, 11) is 0. The van der Waals surface area contributed by atoms with E-state index < -0.39 is 6.04 Å². The van der Waals surface area contributed by atoms with Gasteiger partial charge < -0.3 is 9.64 Å². The maximum Gasteiger partial charge on any atom is 0.329 e. The minimum absolute atomic E-state index is 0.175. The number of hydrogen-bond acceptors (Lipinski definition) is 4. The van der Waals surface area contributed by atoms with Crippen LogP contribution in [0.2, 0.25) is 5.02 Å². The van der Waals surface area contributed by atoms with Gasteiger partial charge in [-0.25, -0.2) is 4.79 Å². The molecular formula is C22H24ClNO3S. The summed E-state index contributed by atoms with van der Waals surface area (Å²) in [5.41, 5.74) is 2.30. The second kappa shape index (κ2) is 9.48. The summed E-state index contributed by atoms with van der Waals surface area (Å²) in [5.74, 6) is -0.0405. The summed E-state index contributed by atoms with van der Waals surface area (Å²) in [6.45, 7) is 4.32. The average Bonchev–Trinajstić information content (AvgIpc) is 3.13. The number of amides is 1. The first-order chi connectivity index (χ1) is 13.5. The van der Waals surface area contributed by atoms with E-state index in [2.05, 4.69) is 0 Å². The van der Waals surface area contributed by atoms with Crippen LogP contribution in [-0.2, 0) is 9.53 Å². The number of carbonyl (C=O) groups is 2. The van der Waals surface area contributed by atoms with Gasteiger partial charge in [0.1, 0.15) is 11.4 Å². The molecule has 4 nitrogen and oxygen atoms in total. The molecule has 0 aliphatic carbocycles. The number of benzene rings is 2. The number of rotatable bonds is 6. The van der Waals surface area contributed by atoms with Gasteiger partial charge in [0, 0.05) is 21.9 Å². The van der Waals surface area contributed by atoms with Crippen molar-refractivity contribution in [2.24, 2.45) is 0 Å². The summed E-state index contributed by atoms with van der Waals surface area (Å²) in [6.07, 6.45) is 1.76. The van der Waals surface area contributed by atoms with Crippen molar-refractivity contribution >= 4 is 35.2 Å². The van der Waals surface area contributed by atoms with E-state index in [9.17, 15) is 9.59 Å². The standard InChI is InChI=1S/C22H24ClNO3S/c1-3-4-13-27-22(26)19-14-28-21(17-11-7-8-12-18(17)23)24(19)20(25)16-10-6-5-9-15(16)2/h5-12,19,21H,3-4,13-14H2,1-2H3. The Hall–Kier alpha value is -1.98. The number of esters is 1. The summed E-state index contributed by atoms with van der Waals surface area (Å²) >= 11 is 7.96. The molecule has 2 aromatic rings. The SMILES string of the molecule is CCCCOC(=O)C1CSC(c2ccccc2Cl)N1C(=O)c1ccccc1C. The second-order valence-electron chi connectivity index (χ2n) is 6.77. The first-order valence-corrected chi connectivity index (χ1v) is 10.9. The van der Waals surface area contributed by atoms with Crippen molar-refractivity contribution in [2.75, 3.05) is 12.4 Å². The van der Waals surface area contributed by atoms with Crippen molar-refractivity contribution in [1.29, 1.82) is 0 Å². The molecule has 6 heteroatoms. The number of ether oxygens (including phenoxy) is 1. The number of thioether (sulfide) groups is 1. The fourth-order valence-corrected chi connectivity index (χ4v) is 4.97. The Morgan fingerprint density at radius 2 is 1.89 bits per heavy atom. The maximum absolute atomic E-state index is 13.5. The topological polar surface area (TPSA) is 46.6 Å². The monoisotopic (exact) mass is 417 g/mol. The summed E-state index contributed by atoms with van der Waals surface area (Å²) in [4.78, 5) is 27.9. The van der Waals surface area contributed by atoms with Gasteiger partial charge in [-0.1, -0.05) is 61.3 Å². The van der Waals surface area contributed by atoms with Crippen molar-refractivity contribution in [1.82, 2.24) is 4.90 Å². The molecule has 2 atom stereocenters. The quantitative estimate of drug-likeness (QED) is 0.475. The molecule has 3 rings (SSSR count). The third-order valence-corrected chi connectivity index (χ3v) is 6.45. The van der Waals surface area contributed by atoms with E-state index >= 15 is 0 Å². The molecule has 0 aromatic heterocycles. The zero-order valence-electron chi connectivity index (χ0n) is 16.1. The molecule has 2 unspecified atom stereocenters. The first-order valence-electron chi connectivity index (χ1n) is 9.45. The van der Waals surface area contributed by atoms with E-state index in [4.69, 9.17) is 16.3 Å². The minimum Gasteiger partial charge on any atom is -0.464 e. The molecule has 1 heterocycles. The Balaban J connectivity index is 1.95. The van der Waals surface area contributed by atoms with E-state index in [-0.39, 0.29) is 17.3 Å². The van der Waals surface area contributed by atoms with Gasteiger partial charge >= 0.3 is 5.97 Å². The first kappa shape index (κ1) is 20.7. The van der Waals surface area contributed by atoms with E-state index in [0.29, 0.717) is 22.9 Å². The molecule has 0 N–H and O–H groups in total. The number of nitrogens with zero attached hydrogens (tertiary/aromatic N) is 1. The van der Waals surface area contributed by atoms with E-state index in [0.717, 1.165) is 24.0 Å². The lowest BCUT2D eigenvalue weighted by molar-refractivity contribution is -0.148. The van der Waals surface area contributed by atoms with Gasteiger partial charge in [0.25, 0.3) is 5.91 Å². The van der Waals surface area contributed by atoms with Crippen LogP contribution in [0.15, 0.2) is 48.5 Å². The van der Waals surface area contributed by atoms with Crippen LogP contribution in [0.3, 0.4) is 0 Å². The Morgan fingerprint density at radius 1 is 1.18 bits per heavy atom. The van der Waals surface area contributed by atoms with E-state index in [1.165, 1.54) is 0 Å². The molecule has 1 aliphatic rings. The van der Waals surface area contributed by atoms with Gasteiger partial charge in [0.2, 0.25) is 0 Å². The Kier molecular flexibility index (Phi) is 7.03. The predicted octanol–water partition coefficient (Wildman–Crippen LogP) is 5.25. The van der Waals surface area contributed by atoms with Crippen molar-refractivity contribution in [3.05, 3.63) is 70.2 Å². The molecule has 0 spiro atoms. The third-order valence-electron chi connectivity index (χ3n) is 4.80. The van der Waals surface area contributed by atoms with Crippen LogP contribution in [0, 0.1) is 6.92 Å². The lowest BCUT2D eigenvalue weighted by Gasteiger charge is -2.29. The Bertz CT molecular complexity index is 857. The largest absolute Gasteiger partial charge is 0.464 e. The lowest BCUT2D eigenvalue weighted by Crippen LogP contribution is -2.44. The molecule has 2 aromatic carbocycles. The van der Waals surface area contributed by atoms with Crippen molar-refractivity contribution in [2.45, 2.75) is 38.1 Å². The number of carbonyl (C=O) groups excluding carboxylic acids is 2. The van der Waals surface area contributed by atoms with Crippen LogP contribution in [0.5, 0.6) is 0 Å². The summed E-state index contributed by atoms with van der Waals surface area (Å²) in [6, 6.07) is 14.3. The van der Waals surface area contributed by atoms with Crippen LogP contribution in [0.4, 0.5) is 0 Å². The fraction of sp³-hybridized carbons (Fsp3) is 0.364. The predicted molar refractivity (Wildman–Crippen MR) is 114 cm³/mol. The lowest BCUT2D eigenvalue weighted by atomic mass is 10.1. The molecule has 1 saturated heterocycles. The zero-order valence-corrected chi connectivity index (χ0v) is 17.6. The van der Waals surface area contributed by atoms with Gasteiger partial charge in [-0.15, -0.1) is 11.8 Å². The normalized spacial score (nSPS) is 18.9. The molecule has 1 fully saturated rings. The average molecular weight is 418 g/mol. The Labute approximate surface area is 175 Å². The van der Waals surface area contributed by atoms with Crippen LogP contribution in [-0.4, -0.2) is 35.2 Å². The highest BCUT2D eigenvalue weighted by Crippen LogP contribution is 2.44. The van der Waals surface area contributed by atoms with Crippen LogP contribution >= 0.6 is 23.4 Å². The molecule has 1 aliphatic heterocycles. The number of aryl methyl sites for hydroxylation is 1. The second-order valence-corrected chi connectivity index (χ2v) is 8.29. The van der Waals surface area contributed by atoms with Gasteiger partial charge in [-0.05, 0) is 31.0 Å². The number of unbranched alkanes of at least 4 members (excludes halogenated alkanes) is 1. The fourth-order valence-electron chi connectivity index (χ4n) is 3.22.